The van der Waals surface area contributed by atoms with Crippen LogP contribution in [0.3, 0.4) is 0 Å². The molecule has 51 heavy (non-hydrogen) atoms. The van der Waals surface area contributed by atoms with Crippen LogP contribution in [0.2, 0.25) is 0 Å². The molecule has 0 aromatic heterocycles. The minimum absolute atomic E-state index is 0.0873. The summed E-state index contributed by atoms with van der Waals surface area (Å²) in [6.45, 7) is 6.91. The largest absolute Gasteiger partial charge is 0.444 e. The van der Waals surface area contributed by atoms with Crippen molar-refractivity contribution < 1.29 is 44.3 Å². The van der Waals surface area contributed by atoms with Gasteiger partial charge in [-0.3, -0.25) is 9.59 Å². The number of ether oxygens (including phenoxy) is 2. The van der Waals surface area contributed by atoms with Crippen LogP contribution >= 0.6 is 0 Å². The molecule has 1 heterocycles. The highest BCUT2D eigenvalue weighted by Gasteiger charge is 2.45. The molecule has 0 radical (unpaired) electrons. The molecular formula is C39H63N3O9. The maximum absolute atomic E-state index is 13.1. The van der Waals surface area contributed by atoms with Crippen LogP contribution in [0.5, 0.6) is 0 Å². The van der Waals surface area contributed by atoms with Crippen LogP contribution in [-0.2, 0) is 19.1 Å². The summed E-state index contributed by atoms with van der Waals surface area (Å²) in [5.74, 6) is -0.821. The second kappa shape index (κ2) is 27.1. The molecule has 1 aliphatic heterocycles. The maximum atomic E-state index is 13.1. The highest BCUT2D eigenvalue weighted by molar-refractivity contribution is 5.86. The van der Waals surface area contributed by atoms with Gasteiger partial charge in [0.05, 0.1) is 6.61 Å². The zero-order valence-electron chi connectivity index (χ0n) is 30.9. The average molecular weight is 718 g/mol. The lowest BCUT2D eigenvalue weighted by atomic mass is 9.96. The molecule has 0 bridgehead atoms. The molecule has 0 spiro atoms. The monoisotopic (exact) mass is 717 g/mol. The first kappa shape index (κ1) is 45.5. The Morgan fingerprint density at radius 1 is 0.784 bits per heavy atom. The Kier molecular flexibility index (Phi) is 24.2. The van der Waals surface area contributed by atoms with E-state index in [4.69, 9.17) is 9.47 Å². The van der Waals surface area contributed by atoms with Gasteiger partial charge in [-0.15, -0.1) is 0 Å². The number of aliphatic hydroxyl groups is 4. The van der Waals surface area contributed by atoms with Crippen LogP contribution in [0, 0.1) is 0 Å². The van der Waals surface area contributed by atoms with E-state index in [9.17, 15) is 34.8 Å². The van der Waals surface area contributed by atoms with Crippen LogP contribution in [0.1, 0.15) is 98.3 Å². The average Bonchev–Trinajstić information content (AvgIpc) is 3.07. The van der Waals surface area contributed by atoms with E-state index in [-0.39, 0.29) is 12.3 Å². The minimum atomic E-state index is -1.70. The summed E-state index contributed by atoms with van der Waals surface area (Å²) >= 11 is 0. The fourth-order valence-corrected chi connectivity index (χ4v) is 4.88. The summed E-state index contributed by atoms with van der Waals surface area (Å²) in [5, 5.41) is 47.8. The Morgan fingerprint density at radius 2 is 1.31 bits per heavy atom. The first-order chi connectivity index (χ1) is 24.4. The van der Waals surface area contributed by atoms with Crippen molar-refractivity contribution >= 4 is 17.9 Å². The van der Waals surface area contributed by atoms with Crippen molar-refractivity contribution in [3.05, 3.63) is 72.9 Å². The highest BCUT2D eigenvalue weighted by atomic mass is 16.6. The predicted octanol–water partition coefficient (Wildman–Crippen LogP) is 4.56. The zero-order valence-corrected chi connectivity index (χ0v) is 30.9. The van der Waals surface area contributed by atoms with Crippen molar-refractivity contribution in [2.75, 3.05) is 13.2 Å². The van der Waals surface area contributed by atoms with Gasteiger partial charge in [0.2, 0.25) is 11.8 Å². The molecule has 0 aliphatic carbocycles. The Bertz CT molecular complexity index is 1170. The quantitative estimate of drug-likeness (QED) is 0.0588. The normalized spacial score (nSPS) is 22.2. The van der Waals surface area contributed by atoms with Gasteiger partial charge in [-0.25, -0.2) is 4.79 Å². The Labute approximate surface area is 304 Å². The summed E-state index contributed by atoms with van der Waals surface area (Å²) in [7, 11) is 0. The minimum Gasteiger partial charge on any atom is -0.444 e. The third kappa shape index (κ3) is 22.1. The number of amides is 3. The molecule has 12 heteroatoms. The Balaban J connectivity index is 2.34. The van der Waals surface area contributed by atoms with E-state index < -0.39 is 60.9 Å². The van der Waals surface area contributed by atoms with Crippen molar-refractivity contribution in [1.82, 2.24) is 16.0 Å². The van der Waals surface area contributed by atoms with Gasteiger partial charge in [0.15, 0.2) is 6.29 Å². The molecule has 0 aromatic rings. The predicted molar refractivity (Wildman–Crippen MR) is 199 cm³/mol. The molecule has 1 aliphatic rings. The molecule has 2 unspecified atom stereocenters. The maximum Gasteiger partial charge on any atom is 0.408 e. The van der Waals surface area contributed by atoms with Crippen molar-refractivity contribution in [3.63, 3.8) is 0 Å². The van der Waals surface area contributed by atoms with Crippen LogP contribution in [0.25, 0.3) is 0 Å². The summed E-state index contributed by atoms with van der Waals surface area (Å²) in [4.78, 5) is 37.8. The summed E-state index contributed by atoms with van der Waals surface area (Å²) in [5.41, 5.74) is -0.812. The van der Waals surface area contributed by atoms with E-state index >= 15 is 0 Å². The van der Waals surface area contributed by atoms with Gasteiger partial charge >= 0.3 is 6.09 Å². The molecule has 1 rings (SSSR count). The van der Waals surface area contributed by atoms with Crippen molar-refractivity contribution in [1.29, 1.82) is 0 Å². The Morgan fingerprint density at radius 3 is 1.82 bits per heavy atom. The van der Waals surface area contributed by atoms with E-state index in [0.29, 0.717) is 32.2 Å². The van der Waals surface area contributed by atoms with Crippen LogP contribution in [-0.4, -0.2) is 93.8 Å². The molecule has 7 N–H and O–H groups in total. The van der Waals surface area contributed by atoms with E-state index in [2.05, 4.69) is 83.6 Å². The smallest absolute Gasteiger partial charge is 0.408 e. The third-order valence-corrected chi connectivity index (χ3v) is 7.59. The highest BCUT2D eigenvalue weighted by Crippen LogP contribution is 2.20. The standard InChI is InChI=1S/C39H63N3O9/c1-5-6-7-8-9-10-11-12-13-14-15-16-17-18-19-20-21-22-23-27-32(44)40-28-25-24-26-30(41-38(49)51-39(2,3)4)36(47)42-33-35(46)34(45)31(29-43)50-37(33)48/h6-7,9-10,12-13,15-16,18-19,21-22,30-31,33-35,37,43,45-46,48H,5,8,11,14,17,20,23-29H2,1-4H3,(H,40,44)(H,41,49)(H,42,47)/b7-6-,10-9-,13-12-,16-15-,19-18-,22-21-/t30-,31?,33?,34+,35-,37+/m0/s1. The van der Waals surface area contributed by atoms with Crippen molar-refractivity contribution in [2.24, 2.45) is 0 Å². The molecule has 3 amide bonds. The lowest BCUT2D eigenvalue weighted by Gasteiger charge is -2.40. The number of aliphatic hydroxyl groups excluding tert-OH is 4. The van der Waals surface area contributed by atoms with E-state index in [1.165, 1.54) is 0 Å². The van der Waals surface area contributed by atoms with Gasteiger partial charge in [0.25, 0.3) is 0 Å². The number of hydrogen-bond acceptors (Lipinski definition) is 9. The number of alkyl carbamates (subject to hydrolysis) is 1. The lowest BCUT2D eigenvalue weighted by Crippen LogP contribution is -2.65. The van der Waals surface area contributed by atoms with Gasteiger partial charge in [-0.2, -0.15) is 0 Å². The summed E-state index contributed by atoms with van der Waals surface area (Å²) < 4.78 is 10.4. The van der Waals surface area contributed by atoms with Crippen molar-refractivity contribution in [3.8, 4) is 0 Å². The SMILES string of the molecule is CC/C=C\C/C=C\C/C=C\C/C=C\C/C=C\C/C=C\CCC(=O)NCCCC[C@H](NC(=O)OC(C)(C)C)C(=O)NC1[C@H](O)OC(CO)[C@@H](O)[C@H]1O. The topological polar surface area (TPSA) is 187 Å². The molecule has 0 aromatic carbocycles. The van der Waals surface area contributed by atoms with Crippen molar-refractivity contribution in [2.45, 2.75) is 141 Å². The van der Waals surface area contributed by atoms with Gasteiger partial charge in [-0.1, -0.05) is 79.8 Å². The van der Waals surface area contributed by atoms with Crippen LogP contribution in [0.4, 0.5) is 4.79 Å². The molecule has 12 nitrogen and oxygen atoms in total. The number of unbranched alkanes of at least 4 members (excludes halogenated alkanes) is 1. The molecule has 1 saturated heterocycles. The first-order valence-electron chi connectivity index (χ1n) is 18.2. The summed E-state index contributed by atoms with van der Waals surface area (Å²) in [6.07, 6.45) is 26.5. The second-order valence-electron chi connectivity index (χ2n) is 13.3. The number of allylic oxidation sites excluding steroid dienone is 12. The number of carbonyl (C=O) groups is 3. The molecule has 6 atom stereocenters. The number of nitrogens with one attached hydrogen (secondary N) is 3. The molecule has 0 saturated carbocycles. The van der Waals surface area contributed by atoms with Gasteiger partial charge < -0.3 is 45.9 Å². The lowest BCUT2D eigenvalue weighted by molar-refractivity contribution is -0.254. The fraction of sp³-hybridized carbons (Fsp3) is 0.615. The van der Waals surface area contributed by atoms with Crippen LogP contribution < -0.4 is 16.0 Å². The third-order valence-electron chi connectivity index (χ3n) is 7.59. The van der Waals surface area contributed by atoms with Gasteiger partial charge in [0.1, 0.15) is 36.0 Å². The number of hydrogen-bond donors (Lipinski definition) is 7. The zero-order chi connectivity index (χ0) is 37.9. The van der Waals surface area contributed by atoms with Crippen LogP contribution in [0.15, 0.2) is 72.9 Å². The number of rotatable bonds is 23. The summed E-state index contributed by atoms with van der Waals surface area (Å²) in [6, 6.07) is -2.51. The fourth-order valence-electron chi connectivity index (χ4n) is 4.88. The van der Waals surface area contributed by atoms with E-state index in [1.807, 2.05) is 12.2 Å². The number of carbonyl (C=O) groups excluding carboxylic acids is 3. The van der Waals surface area contributed by atoms with E-state index in [1.54, 1.807) is 20.8 Å². The molecule has 1 fully saturated rings. The molecule has 288 valence electrons. The Hall–Kier alpha value is -3.55. The first-order valence-corrected chi connectivity index (χ1v) is 18.2. The molecular weight excluding hydrogens is 654 g/mol. The van der Waals surface area contributed by atoms with Gasteiger partial charge in [-0.05, 0) is 85.0 Å². The second-order valence-corrected chi connectivity index (χ2v) is 13.3. The van der Waals surface area contributed by atoms with Gasteiger partial charge in [0, 0.05) is 13.0 Å². The van der Waals surface area contributed by atoms with E-state index in [0.717, 1.165) is 38.5 Å².